The van der Waals surface area contributed by atoms with Gasteiger partial charge in [0.25, 0.3) is 0 Å². The predicted molar refractivity (Wildman–Crippen MR) is 99.8 cm³/mol. The van der Waals surface area contributed by atoms with Crippen molar-refractivity contribution in [2.45, 2.75) is 39.2 Å². The van der Waals surface area contributed by atoms with Gasteiger partial charge in [-0.15, -0.1) is 0 Å². The SMILES string of the molecule is CCCCCc1c(N)cc(C#N)n1Cc1cccc2ccccc12. The van der Waals surface area contributed by atoms with E-state index in [9.17, 15) is 5.26 Å². The van der Waals surface area contributed by atoms with Gasteiger partial charge in [0.05, 0.1) is 5.69 Å². The predicted octanol–water partition coefficient (Wildman–Crippen LogP) is 4.88. The fourth-order valence-corrected chi connectivity index (χ4v) is 3.31. The molecule has 0 spiro atoms. The average Bonchev–Trinajstić information content (AvgIpc) is 2.91. The lowest BCUT2D eigenvalue weighted by Crippen LogP contribution is -2.08. The van der Waals surface area contributed by atoms with E-state index < -0.39 is 0 Å². The number of aromatic nitrogens is 1. The van der Waals surface area contributed by atoms with Gasteiger partial charge in [-0.1, -0.05) is 62.2 Å². The van der Waals surface area contributed by atoms with Crippen molar-refractivity contribution in [1.82, 2.24) is 4.57 Å². The van der Waals surface area contributed by atoms with Crippen LogP contribution in [0.2, 0.25) is 0 Å². The van der Waals surface area contributed by atoms with E-state index >= 15 is 0 Å². The Morgan fingerprint density at radius 1 is 1.08 bits per heavy atom. The first-order valence-electron chi connectivity index (χ1n) is 8.59. The van der Waals surface area contributed by atoms with Crippen LogP contribution in [0.5, 0.6) is 0 Å². The second kappa shape index (κ2) is 7.23. The molecule has 1 aromatic heterocycles. The third kappa shape index (κ3) is 3.14. The highest BCUT2D eigenvalue weighted by Crippen LogP contribution is 2.25. The molecule has 0 radical (unpaired) electrons. The van der Waals surface area contributed by atoms with Crippen molar-refractivity contribution in [3.63, 3.8) is 0 Å². The molecule has 0 unspecified atom stereocenters. The molecule has 0 saturated heterocycles. The third-order valence-corrected chi connectivity index (χ3v) is 4.58. The van der Waals surface area contributed by atoms with Gasteiger partial charge in [-0.3, -0.25) is 0 Å². The number of rotatable bonds is 6. The van der Waals surface area contributed by atoms with E-state index in [1.165, 1.54) is 29.2 Å². The Morgan fingerprint density at radius 2 is 1.88 bits per heavy atom. The molecule has 1 heterocycles. The van der Waals surface area contributed by atoms with E-state index in [0.717, 1.165) is 24.2 Å². The summed E-state index contributed by atoms with van der Waals surface area (Å²) in [6, 6.07) is 18.8. The van der Waals surface area contributed by atoms with Crippen LogP contribution in [0.1, 0.15) is 43.1 Å². The van der Waals surface area contributed by atoms with Gasteiger partial charge in [-0.05, 0) is 35.2 Å². The summed E-state index contributed by atoms with van der Waals surface area (Å²) in [4.78, 5) is 0. The lowest BCUT2D eigenvalue weighted by Gasteiger charge is -2.13. The lowest BCUT2D eigenvalue weighted by atomic mass is 10.0. The first kappa shape index (κ1) is 16.1. The van der Waals surface area contributed by atoms with Gasteiger partial charge in [-0.25, -0.2) is 0 Å². The van der Waals surface area contributed by atoms with Gasteiger partial charge in [0, 0.05) is 12.2 Å². The van der Waals surface area contributed by atoms with Gasteiger partial charge >= 0.3 is 0 Å². The number of fused-ring (bicyclic) bond motifs is 1. The maximum Gasteiger partial charge on any atom is 0.122 e. The lowest BCUT2D eigenvalue weighted by molar-refractivity contribution is 0.666. The summed E-state index contributed by atoms with van der Waals surface area (Å²) >= 11 is 0. The van der Waals surface area contributed by atoms with Crippen LogP contribution in [0, 0.1) is 11.3 Å². The minimum absolute atomic E-state index is 0.645. The summed E-state index contributed by atoms with van der Waals surface area (Å²) in [6.45, 7) is 2.88. The van der Waals surface area contributed by atoms with E-state index in [0.29, 0.717) is 12.2 Å². The topological polar surface area (TPSA) is 54.7 Å². The van der Waals surface area contributed by atoms with E-state index in [4.69, 9.17) is 5.73 Å². The molecule has 2 N–H and O–H groups in total. The van der Waals surface area contributed by atoms with Crippen LogP contribution in [0.3, 0.4) is 0 Å². The molecule has 0 aliphatic heterocycles. The van der Waals surface area contributed by atoms with Crippen LogP contribution in [0.25, 0.3) is 10.8 Å². The Hall–Kier alpha value is -2.73. The summed E-state index contributed by atoms with van der Waals surface area (Å²) in [6.07, 6.45) is 4.38. The molecule has 3 nitrogen and oxygen atoms in total. The molecule has 24 heavy (non-hydrogen) atoms. The Labute approximate surface area is 143 Å². The highest BCUT2D eigenvalue weighted by molar-refractivity contribution is 5.85. The normalized spacial score (nSPS) is 10.8. The van der Waals surface area contributed by atoms with Crippen molar-refractivity contribution in [2.24, 2.45) is 0 Å². The molecule has 2 aromatic carbocycles. The number of hydrogen-bond acceptors (Lipinski definition) is 2. The van der Waals surface area contributed by atoms with Crippen molar-refractivity contribution in [3.05, 3.63) is 65.5 Å². The number of unbranched alkanes of at least 4 members (excludes halogenated alkanes) is 2. The van der Waals surface area contributed by atoms with Crippen LogP contribution in [-0.4, -0.2) is 4.57 Å². The Kier molecular flexibility index (Phi) is 4.86. The van der Waals surface area contributed by atoms with Crippen LogP contribution in [0.15, 0.2) is 48.5 Å². The van der Waals surface area contributed by atoms with Crippen LogP contribution in [0.4, 0.5) is 5.69 Å². The Balaban J connectivity index is 2.00. The van der Waals surface area contributed by atoms with Crippen LogP contribution >= 0.6 is 0 Å². The van der Waals surface area contributed by atoms with E-state index in [1.807, 2.05) is 6.07 Å². The second-order valence-corrected chi connectivity index (χ2v) is 6.22. The summed E-state index contributed by atoms with van der Waals surface area (Å²) in [5, 5.41) is 11.9. The van der Waals surface area contributed by atoms with E-state index in [2.05, 4.69) is 60.0 Å². The maximum atomic E-state index is 9.49. The molecule has 0 amide bonds. The van der Waals surface area contributed by atoms with Gasteiger partial charge in [0.2, 0.25) is 0 Å². The molecule has 3 heteroatoms. The monoisotopic (exact) mass is 317 g/mol. The quantitative estimate of drug-likeness (QED) is 0.659. The number of nitrogen functional groups attached to an aromatic ring is 1. The average molecular weight is 317 g/mol. The van der Waals surface area contributed by atoms with E-state index in [-0.39, 0.29) is 0 Å². The molecule has 0 bridgehead atoms. The first-order chi connectivity index (χ1) is 11.7. The molecule has 0 aliphatic rings. The molecule has 0 saturated carbocycles. The fourth-order valence-electron chi connectivity index (χ4n) is 3.31. The molecule has 0 atom stereocenters. The van der Waals surface area contributed by atoms with Crippen molar-refractivity contribution in [2.75, 3.05) is 5.73 Å². The fraction of sp³-hybridized carbons (Fsp3) is 0.286. The zero-order chi connectivity index (χ0) is 16.9. The molecule has 3 rings (SSSR count). The summed E-state index contributed by atoms with van der Waals surface area (Å²) in [7, 11) is 0. The zero-order valence-corrected chi connectivity index (χ0v) is 14.1. The smallest absolute Gasteiger partial charge is 0.122 e. The molecular weight excluding hydrogens is 294 g/mol. The second-order valence-electron chi connectivity index (χ2n) is 6.22. The Bertz CT molecular complexity index is 878. The third-order valence-electron chi connectivity index (χ3n) is 4.58. The van der Waals surface area contributed by atoms with Gasteiger partial charge in [-0.2, -0.15) is 5.26 Å². The molecule has 122 valence electrons. The number of nitrogens with two attached hydrogens (primary N) is 1. The zero-order valence-electron chi connectivity index (χ0n) is 14.1. The summed E-state index contributed by atoms with van der Waals surface area (Å²) < 4.78 is 2.09. The van der Waals surface area contributed by atoms with Crippen LogP contribution in [-0.2, 0) is 13.0 Å². The van der Waals surface area contributed by atoms with Gasteiger partial charge in [0.15, 0.2) is 0 Å². The largest absolute Gasteiger partial charge is 0.397 e. The number of anilines is 1. The summed E-state index contributed by atoms with van der Waals surface area (Å²) in [5.41, 5.74) is 9.89. The minimum atomic E-state index is 0.645. The Morgan fingerprint density at radius 3 is 2.67 bits per heavy atom. The van der Waals surface area contributed by atoms with Crippen molar-refractivity contribution in [3.8, 4) is 6.07 Å². The van der Waals surface area contributed by atoms with Gasteiger partial charge < -0.3 is 10.3 Å². The van der Waals surface area contributed by atoms with Crippen molar-refractivity contribution < 1.29 is 0 Å². The number of hydrogen-bond donors (Lipinski definition) is 1. The first-order valence-corrected chi connectivity index (χ1v) is 8.59. The standard InChI is InChI=1S/C21H23N3/c1-2-3-4-12-21-20(23)13-18(14-22)24(21)15-17-10-7-9-16-8-5-6-11-19(16)17/h5-11,13H,2-4,12,15,23H2,1H3. The summed E-state index contributed by atoms with van der Waals surface area (Å²) in [5.74, 6) is 0. The van der Waals surface area contributed by atoms with Crippen LogP contribution < -0.4 is 5.73 Å². The highest BCUT2D eigenvalue weighted by Gasteiger charge is 2.14. The van der Waals surface area contributed by atoms with Gasteiger partial charge in [0.1, 0.15) is 11.8 Å². The van der Waals surface area contributed by atoms with Crippen molar-refractivity contribution in [1.29, 1.82) is 5.26 Å². The van der Waals surface area contributed by atoms with Crippen molar-refractivity contribution >= 4 is 16.5 Å². The van der Waals surface area contributed by atoms with E-state index in [1.54, 1.807) is 0 Å². The highest BCUT2D eigenvalue weighted by atomic mass is 15.0. The maximum absolute atomic E-state index is 9.49. The number of benzene rings is 2. The minimum Gasteiger partial charge on any atom is -0.397 e. The number of nitriles is 1. The molecule has 0 aliphatic carbocycles. The number of nitrogens with zero attached hydrogens (tertiary/aromatic N) is 2. The molecule has 3 aromatic rings. The molecule has 0 fully saturated rings. The molecular formula is C21H23N3.